The van der Waals surface area contributed by atoms with E-state index in [-0.39, 0.29) is 12.5 Å². The van der Waals surface area contributed by atoms with Crippen LogP contribution in [0.25, 0.3) is 11.3 Å². The minimum Gasteiger partial charge on any atom is -0.459 e. The fourth-order valence-electron chi connectivity index (χ4n) is 2.39. The molecule has 25 heavy (non-hydrogen) atoms. The van der Waals surface area contributed by atoms with Crippen LogP contribution in [0.4, 0.5) is 5.69 Å². The Hall–Kier alpha value is -2.27. The van der Waals surface area contributed by atoms with Crippen molar-refractivity contribution >= 4 is 34.8 Å². The molecule has 0 atom stereocenters. The molecule has 128 valence electrons. The molecule has 2 N–H and O–H groups in total. The van der Waals surface area contributed by atoms with Crippen LogP contribution in [0.15, 0.2) is 52.9 Å². The lowest BCUT2D eigenvalue weighted by Gasteiger charge is -2.11. The van der Waals surface area contributed by atoms with Crippen LogP contribution in [0.5, 0.6) is 0 Å². The molecule has 1 amide bonds. The number of anilines is 1. The number of benzene rings is 2. The molecule has 0 bridgehead atoms. The van der Waals surface area contributed by atoms with E-state index in [1.54, 1.807) is 24.3 Å². The Labute approximate surface area is 155 Å². The predicted molar refractivity (Wildman–Crippen MR) is 99.2 cm³/mol. The fraction of sp³-hybridized carbons (Fsp3) is 0.105. The Morgan fingerprint density at radius 2 is 1.92 bits per heavy atom. The van der Waals surface area contributed by atoms with E-state index < -0.39 is 0 Å². The summed E-state index contributed by atoms with van der Waals surface area (Å²) in [4.78, 5) is 12.5. The van der Waals surface area contributed by atoms with Gasteiger partial charge in [-0.25, -0.2) is 0 Å². The third kappa shape index (κ3) is 3.87. The number of amides is 1. The smallest absolute Gasteiger partial charge is 0.257 e. The van der Waals surface area contributed by atoms with Crippen LogP contribution in [-0.2, 0) is 6.61 Å². The molecule has 0 aliphatic heterocycles. The highest BCUT2D eigenvalue weighted by molar-refractivity contribution is 6.36. The lowest BCUT2D eigenvalue weighted by atomic mass is 10.1. The molecule has 3 aromatic rings. The largest absolute Gasteiger partial charge is 0.459 e. The maximum absolute atomic E-state index is 12.5. The average molecular weight is 376 g/mol. The Kier molecular flexibility index (Phi) is 5.13. The second-order valence-corrected chi connectivity index (χ2v) is 6.38. The maximum atomic E-state index is 12.5. The van der Waals surface area contributed by atoms with Crippen molar-refractivity contribution in [3.05, 3.63) is 75.5 Å². The minimum absolute atomic E-state index is 0.164. The Bertz CT molecular complexity index is 934. The van der Waals surface area contributed by atoms with E-state index in [9.17, 15) is 4.79 Å². The highest BCUT2D eigenvalue weighted by Crippen LogP contribution is 2.28. The van der Waals surface area contributed by atoms with Crippen molar-refractivity contribution in [3.8, 4) is 11.3 Å². The van der Waals surface area contributed by atoms with E-state index in [1.165, 1.54) is 6.07 Å². The first-order chi connectivity index (χ1) is 12.0. The van der Waals surface area contributed by atoms with Gasteiger partial charge in [-0.15, -0.1) is 0 Å². The zero-order valence-electron chi connectivity index (χ0n) is 13.3. The third-order valence-corrected chi connectivity index (χ3v) is 4.33. The van der Waals surface area contributed by atoms with Gasteiger partial charge in [-0.1, -0.05) is 35.3 Å². The van der Waals surface area contributed by atoms with Gasteiger partial charge in [-0.2, -0.15) is 0 Å². The summed E-state index contributed by atoms with van der Waals surface area (Å²) in [6.07, 6.45) is 0. The number of furan rings is 1. The Morgan fingerprint density at radius 1 is 1.12 bits per heavy atom. The lowest BCUT2D eigenvalue weighted by molar-refractivity contribution is 0.102. The minimum atomic E-state index is -0.344. The number of aliphatic hydroxyl groups excluding tert-OH is 1. The summed E-state index contributed by atoms with van der Waals surface area (Å²) in [5.41, 5.74) is 2.63. The van der Waals surface area contributed by atoms with Gasteiger partial charge in [0, 0.05) is 16.3 Å². The fourth-order valence-corrected chi connectivity index (χ4v) is 2.76. The van der Waals surface area contributed by atoms with Crippen LogP contribution < -0.4 is 5.32 Å². The summed E-state index contributed by atoms with van der Waals surface area (Å²) in [6.45, 7) is 1.73. The van der Waals surface area contributed by atoms with Gasteiger partial charge < -0.3 is 14.8 Å². The molecule has 1 heterocycles. The monoisotopic (exact) mass is 375 g/mol. The second-order valence-electron chi connectivity index (χ2n) is 5.53. The summed E-state index contributed by atoms with van der Waals surface area (Å²) in [7, 11) is 0. The first-order valence-electron chi connectivity index (χ1n) is 7.55. The van der Waals surface area contributed by atoms with E-state index in [4.69, 9.17) is 32.7 Å². The molecule has 1 aromatic heterocycles. The zero-order chi connectivity index (χ0) is 18.0. The van der Waals surface area contributed by atoms with Crippen molar-refractivity contribution in [1.82, 2.24) is 0 Å². The van der Waals surface area contributed by atoms with Gasteiger partial charge in [-0.3, -0.25) is 4.79 Å². The highest BCUT2D eigenvalue weighted by Gasteiger charge is 2.14. The van der Waals surface area contributed by atoms with Crippen LogP contribution in [0.2, 0.25) is 10.0 Å². The van der Waals surface area contributed by atoms with Gasteiger partial charge in [0.05, 0.1) is 10.6 Å². The van der Waals surface area contributed by atoms with Crippen LogP contribution >= 0.6 is 23.2 Å². The van der Waals surface area contributed by atoms with Crippen molar-refractivity contribution in [3.63, 3.8) is 0 Å². The van der Waals surface area contributed by atoms with Gasteiger partial charge in [0.25, 0.3) is 5.91 Å². The molecule has 0 aliphatic rings. The Morgan fingerprint density at radius 3 is 2.64 bits per heavy atom. The summed E-state index contributed by atoms with van der Waals surface area (Å²) in [5, 5.41) is 12.7. The van der Waals surface area contributed by atoms with Crippen LogP contribution in [0, 0.1) is 6.92 Å². The number of rotatable bonds is 4. The quantitative estimate of drug-likeness (QED) is 0.649. The number of carbonyl (C=O) groups excluding carboxylic acids is 1. The molecule has 4 nitrogen and oxygen atoms in total. The molecule has 0 saturated heterocycles. The lowest BCUT2D eigenvalue weighted by Crippen LogP contribution is -2.13. The maximum Gasteiger partial charge on any atom is 0.257 e. The molecule has 2 aromatic carbocycles. The van der Waals surface area contributed by atoms with E-state index in [0.717, 1.165) is 11.1 Å². The first-order valence-corrected chi connectivity index (χ1v) is 8.30. The zero-order valence-corrected chi connectivity index (χ0v) is 14.9. The van der Waals surface area contributed by atoms with Gasteiger partial charge >= 0.3 is 0 Å². The first kappa shape index (κ1) is 17.5. The second kappa shape index (κ2) is 7.31. The van der Waals surface area contributed by atoms with Crippen molar-refractivity contribution in [1.29, 1.82) is 0 Å². The average Bonchev–Trinajstić information content (AvgIpc) is 3.08. The summed E-state index contributed by atoms with van der Waals surface area (Å²) < 4.78 is 5.54. The van der Waals surface area contributed by atoms with Crippen LogP contribution in [-0.4, -0.2) is 11.0 Å². The van der Waals surface area contributed by atoms with Crippen LogP contribution in [0.3, 0.4) is 0 Å². The van der Waals surface area contributed by atoms with Gasteiger partial charge in [-0.05, 0) is 48.9 Å². The molecule has 0 saturated carbocycles. The van der Waals surface area contributed by atoms with E-state index in [0.29, 0.717) is 32.8 Å². The molecule has 6 heteroatoms. The van der Waals surface area contributed by atoms with Crippen molar-refractivity contribution in [2.75, 3.05) is 5.32 Å². The SMILES string of the molecule is Cc1ccc(-c2ccc(CO)o2)cc1NC(=O)c1cc(Cl)ccc1Cl. The third-order valence-electron chi connectivity index (χ3n) is 3.76. The predicted octanol–water partition coefficient (Wildman–Crippen LogP) is 5.31. The summed E-state index contributed by atoms with van der Waals surface area (Å²) >= 11 is 12.0. The summed E-state index contributed by atoms with van der Waals surface area (Å²) in [5.74, 6) is 0.746. The molecule has 3 rings (SSSR count). The topological polar surface area (TPSA) is 62.5 Å². The number of nitrogens with one attached hydrogen (secondary N) is 1. The van der Waals surface area contributed by atoms with Crippen LogP contribution in [0.1, 0.15) is 21.7 Å². The molecular formula is C19H15Cl2NO3. The number of halogens is 2. The molecule has 0 unspecified atom stereocenters. The molecule has 0 fully saturated rings. The van der Waals surface area contributed by atoms with E-state index in [2.05, 4.69) is 5.32 Å². The highest BCUT2D eigenvalue weighted by atomic mass is 35.5. The normalized spacial score (nSPS) is 10.7. The van der Waals surface area contributed by atoms with Gasteiger partial charge in [0.2, 0.25) is 0 Å². The van der Waals surface area contributed by atoms with Crippen molar-refractivity contribution in [2.45, 2.75) is 13.5 Å². The standard InChI is InChI=1S/C19H15Cl2NO3/c1-11-2-3-12(18-7-5-14(10-23)25-18)8-17(11)22-19(24)15-9-13(20)4-6-16(15)21/h2-9,23H,10H2,1H3,(H,22,24). The van der Waals surface area contributed by atoms with Crippen molar-refractivity contribution in [2.24, 2.45) is 0 Å². The van der Waals surface area contributed by atoms with Gasteiger partial charge in [0.15, 0.2) is 0 Å². The number of aliphatic hydroxyl groups is 1. The van der Waals surface area contributed by atoms with Gasteiger partial charge in [0.1, 0.15) is 18.1 Å². The summed E-state index contributed by atoms with van der Waals surface area (Å²) in [6, 6.07) is 13.8. The molecule has 0 aliphatic carbocycles. The van der Waals surface area contributed by atoms with E-state index >= 15 is 0 Å². The molecule has 0 radical (unpaired) electrons. The number of carbonyl (C=O) groups is 1. The molecule has 0 spiro atoms. The number of hydrogen-bond donors (Lipinski definition) is 2. The number of aryl methyl sites for hydroxylation is 1. The van der Waals surface area contributed by atoms with E-state index in [1.807, 2.05) is 25.1 Å². The molecular weight excluding hydrogens is 361 g/mol. The van der Waals surface area contributed by atoms with Crippen molar-refractivity contribution < 1.29 is 14.3 Å². The Balaban J connectivity index is 1.90. The number of hydrogen-bond acceptors (Lipinski definition) is 3.